The Morgan fingerprint density at radius 1 is 0.412 bits per heavy atom. The molecule has 3 heteroatoms. The summed E-state index contributed by atoms with van der Waals surface area (Å²) >= 11 is 0. The molecule has 0 unspecified atom stereocenters. The molecule has 17 heavy (non-hydrogen) atoms. The summed E-state index contributed by atoms with van der Waals surface area (Å²) in [6.07, 6.45) is 14.0. The van der Waals surface area contributed by atoms with Crippen molar-refractivity contribution in [2.75, 3.05) is 0 Å². The number of rotatable bonds is 8. The van der Waals surface area contributed by atoms with Crippen LogP contribution in [-0.4, -0.2) is 11.0 Å². The van der Waals surface area contributed by atoms with E-state index in [9.17, 15) is 0 Å². The Bertz CT molecular complexity index is 62.6. The first-order chi connectivity index (χ1) is 6.83. The van der Waals surface area contributed by atoms with Crippen LogP contribution in [0.15, 0.2) is 0 Å². The van der Waals surface area contributed by atoms with Gasteiger partial charge >= 0.3 is 0 Å². The molecule has 0 saturated heterocycles. The van der Waals surface area contributed by atoms with E-state index in [1.54, 1.807) is 0 Å². The fourth-order valence-corrected chi connectivity index (χ4v) is 1.35. The third-order valence-electron chi connectivity index (χ3n) is 2.41. The van der Waals surface area contributed by atoms with E-state index in [0.29, 0.717) is 0 Å². The van der Waals surface area contributed by atoms with Crippen LogP contribution in [0.1, 0.15) is 91.9 Å². The Balaban J connectivity index is -0.0000000480. The highest BCUT2D eigenvalue weighted by atomic mass is 35.5. The average molecular weight is 305 g/mol. The van der Waals surface area contributed by atoms with E-state index in [2.05, 4.69) is 27.7 Å². The SMILES string of the molecule is CCCCCCC.CCCCCCC.Cl.Cl.[SiH4]. The molecular weight excluding hydrogens is 267 g/mol. The molecule has 0 atom stereocenters. The highest BCUT2D eigenvalue weighted by Gasteiger charge is 1.80. The average Bonchev–Trinajstić information content (AvgIpc) is 2.21. The zero-order valence-electron chi connectivity index (χ0n) is 11.9. The van der Waals surface area contributed by atoms with Crippen molar-refractivity contribution in [3.63, 3.8) is 0 Å². The molecule has 0 saturated carbocycles. The molecule has 0 aromatic rings. The van der Waals surface area contributed by atoms with Crippen LogP contribution in [-0.2, 0) is 0 Å². The summed E-state index contributed by atoms with van der Waals surface area (Å²) in [6, 6.07) is 0. The van der Waals surface area contributed by atoms with Crippen LogP contribution in [0, 0.1) is 0 Å². The van der Waals surface area contributed by atoms with Gasteiger partial charge < -0.3 is 0 Å². The van der Waals surface area contributed by atoms with Gasteiger partial charge in [0.2, 0.25) is 0 Å². The standard InChI is InChI=1S/2C7H16.2ClH.H4Si/c2*1-3-5-7-6-4-2;;;/h2*3-7H2,1-2H3;2*1H;1H4. The number of halogens is 2. The summed E-state index contributed by atoms with van der Waals surface area (Å²) in [4.78, 5) is 0. The van der Waals surface area contributed by atoms with Gasteiger partial charge in [-0.05, 0) is 11.0 Å². The largest absolute Gasteiger partial charge is 0.147 e. The van der Waals surface area contributed by atoms with Gasteiger partial charge in [-0.1, -0.05) is 91.9 Å². The summed E-state index contributed by atoms with van der Waals surface area (Å²) in [5.74, 6) is 0. The summed E-state index contributed by atoms with van der Waals surface area (Å²) < 4.78 is 0. The second-order valence-electron chi connectivity index (χ2n) is 4.12. The zero-order chi connectivity index (χ0) is 11.1. The predicted molar refractivity (Wildman–Crippen MR) is 94.7 cm³/mol. The van der Waals surface area contributed by atoms with Crippen LogP contribution >= 0.6 is 24.8 Å². The Morgan fingerprint density at radius 2 is 0.588 bits per heavy atom. The molecule has 0 aliphatic heterocycles. The smallest absolute Gasteiger partial charge is 0.0149 e. The molecule has 0 heterocycles. The predicted octanol–water partition coefficient (Wildman–Crippen LogP) is 5.35. The van der Waals surface area contributed by atoms with Gasteiger partial charge in [0.25, 0.3) is 0 Å². The highest BCUT2D eigenvalue weighted by molar-refractivity contribution is 5.85. The lowest BCUT2D eigenvalue weighted by Gasteiger charge is -1.90. The number of hydrogen-bond acceptors (Lipinski definition) is 0. The molecule has 0 aliphatic rings. The van der Waals surface area contributed by atoms with Crippen molar-refractivity contribution in [3.8, 4) is 0 Å². The molecule has 0 radical (unpaired) electrons. The van der Waals surface area contributed by atoms with E-state index in [-0.39, 0.29) is 35.8 Å². The normalized spacial score (nSPS) is 7.76. The first kappa shape index (κ1) is 30.7. The first-order valence-electron chi connectivity index (χ1n) is 6.83. The Labute approximate surface area is 128 Å². The van der Waals surface area contributed by atoms with Crippen molar-refractivity contribution < 1.29 is 0 Å². The van der Waals surface area contributed by atoms with Crippen molar-refractivity contribution >= 4 is 35.8 Å². The van der Waals surface area contributed by atoms with Crippen LogP contribution in [0.4, 0.5) is 0 Å². The molecular formula is C14H38Cl2Si. The third-order valence-corrected chi connectivity index (χ3v) is 2.41. The van der Waals surface area contributed by atoms with Gasteiger partial charge in [-0.15, -0.1) is 24.8 Å². The maximum Gasteiger partial charge on any atom is -0.0149 e. The van der Waals surface area contributed by atoms with Crippen molar-refractivity contribution in [1.29, 1.82) is 0 Å². The summed E-state index contributed by atoms with van der Waals surface area (Å²) in [7, 11) is 0. The topological polar surface area (TPSA) is 0 Å². The van der Waals surface area contributed by atoms with Crippen LogP contribution in [0.5, 0.6) is 0 Å². The molecule has 0 nitrogen and oxygen atoms in total. The van der Waals surface area contributed by atoms with E-state index in [0.717, 1.165) is 0 Å². The lowest BCUT2D eigenvalue weighted by molar-refractivity contribution is 0.656. The third kappa shape index (κ3) is 47.5. The number of unbranched alkanes of at least 4 members (excludes halogenated alkanes) is 8. The Kier molecular flexibility index (Phi) is 64.9. The molecule has 0 spiro atoms. The molecule has 0 fully saturated rings. The van der Waals surface area contributed by atoms with Crippen molar-refractivity contribution in [3.05, 3.63) is 0 Å². The summed E-state index contributed by atoms with van der Waals surface area (Å²) in [6.45, 7) is 8.98. The fraction of sp³-hybridized carbons (Fsp3) is 1.00. The molecule has 0 aromatic heterocycles. The minimum Gasteiger partial charge on any atom is -0.147 e. The lowest BCUT2D eigenvalue weighted by Crippen LogP contribution is -1.70. The minimum absolute atomic E-state index is 0. The van der Waals surface area contributed by atoms with E-state index < -0.39 is 0 Å². The van der Waals surface area contributed by atoms with E-state index >= 15 is 0 Å². The Morgan fingerprint density at radius 3 is 0.706 bits per heavy atom. The van der Waals surface area contributed by atoms with Gasteiger partial charge in [0.1, 0.15) is 0 Å². The molecule has 0 aliphatic carbocycles. The van der Waals surface area contributed by atoms with Crippen LogP contribution in [0.25, 0.3) is 0 Å². The first-order valence-corrected chi connectivity index (χ1v) is 6.83. The fourth-order valence-electron chi connectivity index (χ4n) is 1.35. The summed E-state index contributed by atoms with van der Waals surface area (Å²) in [5.41, 5.74) is 0. The molecule has 112 valence electrons. The second kappa shape index (κ2) is 36.0. The molecule has 0 amide bonds. The van der Waals surface area contributed by atoms with Gasteiger partial charge in [-0.25, -0.2) is 0 Å². The van der Waals surface area contributed by atoms with Crippen LogP contribution in [0.3, 0.4) is 0 Å². The quantitative estimate of drug-likeness (QED) is 0.419. The molecule has 0 aromatic carbocycles. The van der Waals surface area contributed by atoms with Gasteiger partial charge in [-0.3, -0.25) is 0 Å². The van der Waals surface area contributed by atoms with Crippen molar-refractivity contribution in [2.24, 2.45) is 0 Å². The monoisotopic (exact) mass is 304 g/mol. The number of hydrogen-bond donors (Lipinski definition) is 0. The lowest BCUT2D eigenvalue weighted by atomic mass is 10.2. The second-order valence-corrected chi connectivity index (χ2v) is 4.12. The highest BCUT2D eigenvalue weighted by Crippen LogP contribution is 2.00. The van der Waals surface area contributed by atoms with Gasteiger partial charge in [0.05, 0.1) is 0 Å². The van der Waals surface area contributed by atoms with Gasteiger partial charge in [0, 0.05) is 0 Å². The Hall–Kier alpha value is 0.797. The van der Waals surface area contributed by atoms with E-state index in [4.69, 9.17) is 0 Å². The van der Waals surface area contributed by atoms with E-state index in [1.807, 2.05) is 0 Å². The maximum absolute atomic E-state index is 2.25. The van der Waals surface area contributed by atoms with Gasteiger partial charge in [0.15, 0.2) is 0 Å². The van der Waals surface area contributed by atoms with Crippen LogP contribution < -0.4 is 0 Å². The molecule has 0 bridgehead atoms. The molecule has 0 rings (SSSR count). The minimum atomic E-state index is 0. The summed E-state index contributed by atoms with van der Waals surface area (Å²) in [5, 5.41) is 0. The van der Waals surface area contributed by atoms with Crippen LogP contribution in [0.2, 0.25) is 0 Å². The van der Waals surface area contributed by atoms with Crippen molar-refractivity contribution in [1.82, 2.24) is 0 Å². The van der Waals surface area contributed by atoms with E-state index in [1.165, 1.54) is 64.2 Å². The molecule has 0 N–H and O–H groups in total. The van der Waals surface area contributed by atoms with Gasteiger partial charge in [-0.2, -0.15) is 0 Å². The maximum atomic E-state index is 2.25. The zero-order valence-corrected chi connectivity index (χ0v) is 13.5. The van der Waals surface area contributed by atoms with Crippen molar-refractivity contribution in [2.45, 2.75) is 91.9 Å².